The van der Waals surface area contributed by atoms with Crippen LogP contribution in [0.15, 0.2) is 48.7 Å². The van der Waals surface area contributed by atoms with Gasteiger partial charge in [0.1, 0.15) is 0 Å². The Labute approximate surface area is 171 Å². The highest BCUT2D eigenvalue weighted by molar-refractivity contribution is 6.04. The number of nitrogens with zero attached hydrogens (tertiary/aromatic N) is 4. The van der Waals surface area contributed by atoms with E-state index in [0.717, 1.165) is 36.1 Å². The molecule has 0 radical (unpaired) electrons. The third kappa shape index (κ3) is 4.31. The van der Waals surface area contributed by atoms with Crippen LogP contribution in [0.4, 0.5) is 11.4 Å². The summed E-state index contributed by atoms with van der Waals surface area (Å²) >= 11 is 0. The number of hydrogen-bond acceptors (Lipinski definition) is 4. The van der Waals surface area contributed by atoms with Crippen molar-refractivity contribution in [3.63, 3.8) is 0 Å². The summed E-state index contributed by atoms with van der Waals surface area (Å²) in [6.07, 6.45) is 4.06. The van der Waals surface area contributed by atoms with Crippen molar-refractivity contribution in [2.24, 2.45) is 5.92 Å². The van der Waals surface area contributed by atoms with E-state index in [9.17, 15) is 4.79 Å². The van der Waals surface area contributed by atoms with Crippen LogP contribution in [0.3, 0.4) is 0 Å². The molecule has 3 heterocycles. The van der Waals surface area contributed by atoms with Crippen molar-refractivity contribution >= 4 is 17.3 Å². The molecule has 0 unspecified atom stereocenters. The number of rotatable bonds is 4. The smallest absolute Gasteiger partial charge is 0.257 e. The number of aryl methyl sites for hydroxylation is 2. The first-order valence-corrected chi connectivity index (χ1v) is 10.2. The number of nitrogens with one attached hydrogen (secondary N) is 1. The van der Waals surface area contributed by atoms with Crippen molar-refractivity contribution in [3.05, 3.63) is 65.6 Å². The maximum absolute atomic E-state index is 12.6. The summed E-state index contributed by atoms with van der Waals surface area (Å²) < 4.78 is 1.77. The molecule has 1 fully saturated rings. The molecule has 0 spiro atoms. The minimum atomic E-state index is -0.169. The van der Waals surface area contributed by atoms with Crippen LogP contribution >= 0.6 is 0 Å². The van der Waals surface area contributed by atoms with Crippen LogP contribution in [-0.2, 0) is 0 Å². The minimum absolute atomic E-state index is 0.169. The molecule has 1 aliphatic rings. The molecule has 0 atom stereocenters. The van der Waals surface area contributed by atoms with Crippen molar-refractivity contribution in [3.8, 4) is 5.82 Å². The van der Waals surface area contributed by atoms with Gasteiger partial charge in [0.2, 0.25) is 0 Å². The van der Waals surface area contributed by atoms with Crippen LogP contribution in [0.25, 0.3) is 5.82 Å². The first-order chi connectivity index (χ1) is 14.0. The average Bonchev–Trinajstić information content (AvgIpc) is 3.07. The minimum Gasteiger partial charge on any atom is -0.372 e. The van der Waals surface area contributed by atoms with E-state index in [1.165, 1.54) is 18.5 Å². The molecule has 3 aromatic rings. The predicted molar refractivity (Wildman–Crippen MR) is 116 cm³/mol. The lowest BCUT2D eigenvalue weighted by atomic mass is 9.99. The molecule has 6 nitrogen and oxygen atoms in total. The van der Waals surface area contributed by atoms with Gasteiger partial charge in [0.05, 0.1) is 11.3 Å². The molecule has 1 aliphatic heterocycles. The SMILES string of the molecule is Cc1cc(C)n(-c2ccc(C(=O)Nc3ccc(N4CCC(C)CC4)cc3)cn2)n1. The molecule has 1 saturated heterocycles. The van der Waals surface area contributed by atoms with E-state index in [2.05, 4.69) is 39.4 Å². The van der Waals surface area contributed by atoms with E-state index < -0.39 is 0 Å². The number of hydrogen-bond donors (Lipinski definition) is 1. The van der Waals surface area contributed by atoms with Gasteiger partial charge in [-0.25, -0.2) is 9.67 Å². The van der Waals surface area contributed by atoms with Gasteiger partial charge in [0.15, 0.2) is 5.82 Å². The number of benzene rings is 1. The number of piperidine rings is 1. The normalized spacial score (nSPS) is 14.8. The third-order valence-corrected chi connectivity index (χ3v) is 5.51. The van der Waals surface area contributed by atoms with E-state index in [0.29, 0.717) is 11.4 Å². The van der Waals surface area contributed by atoms with Gasteiger partial charge in [-0.05, 0) is 75.1 Å². The number of aromatic nitrogens is 3. The van der Waals surface area contributed by atoms with Crippen molar-refractivity contribution in [1.29, 1.82) is 0 Å². The average molecular weight is 390 g/mol. The van der Waals surface area contributed by atoms with Crippen LogP contribution in [0.5, 0.6) is 0 Å². The quantitative estimate of drug-likeness (QED) is 0.720. The molecule has 0 aliphatic carbocycles. The fraction of sp³-hybridized carbons (Fsp3) is 0.348. The number of anilines is 2. The molecule has 4 rings (SSSR count). The lowest BCUT2D eigenvalue weighted by molar-refractivity contribution is 0.102. The molecular formula is C23H27N5O. The van der Waals surface area contributed by atoms with Gasteiger partial charge in [-0.1, -0.05) is 6.92 Å². The summed E-state index contributed by atoms with van der Waals surface area (Å²) in [6.45, 7) is 8.44. The zero-order valence-electron chi connectivity index (χ0n) is 17.2. The van der Waals surface area contributed by atoms with Crippen molar-refractivity contribution < 1.29 is 4.79 Å². The fourth-order valence-corrected chi connectivity index (χ4v) is 3.73. The maximum Gasteiger partial charge on any atom is 0.257 e. The summed E-state index contributed by atoms with van der Waals surface area (Å²) in [4.78, 5) is 19.4. The zero-order chi connectivity index (χ0) is 20.4. The summed E-state index contributed by atoms with van der Waals surface area (Å²) in [6, 6.07) is 13.7. The van der Waals surface area contributed by atoms with E-state index in [-0.39, 0.29) is 5.91 Å². The summed E-state index contributed by atoms with van der Waals surface area (Å²) in [5, 5.41) is 7.37. The van der Waals surface area contributed by atoms with Crippen molar-refractivity contribution in [1.82, 2.24) is 14.8 Å². The van der Waals surface area contributed by atoms with E-state index >= 15 is 0 Å². The number of pyridine rings is 1. The lowest BCUT2D eigenvalue weighted by Gasteiger charge is -2.32. The molecule has 2 aromatic heterocycles. The Kier molecular flexibility index (Phi) is 5.34. The standard InChI is InChI=1S/C23H27N5O/c1-16-10-12-27(13-11-16)21-7-5-20(6-8-21)25-23(29)19-4-9-22(24-15-19)28-18(3)14-17(2)26-28/h4-9,14-16H,10-13H2,1-3H3,(H,25,29). The number of carbonyl (C=O) groups excluding carboxylic acids is 1. The molecule has 1 aromatic carbocycles. The van der Waals surface area contributed by atoms with Gasteiger partial charge >= 0.3 is 0 Å². The van der Waals surface area contributed by atoms with Gasteiger partial charge < -0.3 is 10.2 Å². The Morgan fingerprint density at radius 2 is 1.79 bits per heavy atom. The molecule has 1 N–H and O–H groups in total. The molecule has 150 valence electrons. The molecular weight excluding hydrogens is 362 g/mol. The van der Waals surface area contributed by atoms with Crippen LogP contribution in [0.2, 0.25) is 0 Å². The Morgan fingerprint density at radius 3 is 2.38 bits per heavy atom. The second-order valence-corrected chi connectivity index (χ2v) is 7.91. The second-order valence-electron chi connectivity index (χ2n) is 7.91. The van der Waals surface area contributed by atoms with Gasteiger partial charge in [-0.2, -0.15) is 5.10 Å². The number of amides is 1. The largest absolute Gasteiger partial charge is 0.372 e. The van der Waals surface area contributed by atoms with E-state index in [1.54, 1.807) is 16.9 Å². The van der Waals surface area contributed by atoms with Crippen molar-refractivity contribution in [2.45, 2.75) is 33.6 Å². The molecule has 6 heteroatoms. The topological polar surface area (TPSA) is 63.1 Å². The molecule has 29 heavy (non-hydrogen) atoms. The van der Waals surface area contributed by atoms with Gasteiger partial charge in [0, 0.05) is 36.4 Å². The predicted octanol–water partition coefficient (Wildman–Crippen LogP) is 4.37. The van der Waals surface area contributed by atoms with E-state index in [4.69, 9.17) is 0 Å². The van der Waals surface area contributed by atoms with E-state index in [1.807, 2.05) is 38.1 Å². The Balaban J connectivity index is 1.40. The van der Waals surface area contributed by atoms with Gasteiger partial charge in [-0.3, -0.25) is 4.79 Å². The van der Waals surface area contributed by atoms with Crippen LogP contribution in [-0.4, -0.2) is 33.8 Å². The van der Waals surface area contributed by atoms with Crippen LogP contribution < -0.4 is 10.2 Å². The Morgan fingerprint density at radius 1 is 1.07 bits per heavy atom. The second kappa shape index (κ2) is 8.07. The van der Waals surface area contributed by atoms with Gasteiger partial charge in [0.25, 0.3) is 5.91 Å². The maximum atomic E-state index is 12.6. The first-order valence-electron chi connectivity index (χ1n) is 10.2. The highest BCUT2D eigenvalue weighted by Gasteiger charge is 2.16. The third-order valence-electron chi connectivity index (χ3n) is 5.51. The summed E-state index contributed by atoms with van der Waals surface area (Å²) in [7, 11) is 0. The Bertz CT molecular complexity index is 983. The number of carbonyl (C=O) groups is 1. The zero-order valence-corrected chi connectivity index (χ0v) is 17.2. The fourth-order valence-electron chi connectivity index (χ4n) is 3.73. The Hall–Kier alpha value is -3.15. The summed E-state index contributed by atoms with van der Waals surface area (Å²) in [5.41, 5.74) is 4.46. The lowest BCUT2D eigenvalue weighted by Crippen LogP contribution is -2.32. The highest BCUT2D eigenvalue weighted by atomic mass is 16.1. The highest BCUT2D eigenvalue weighted by Crippen LogP contribution is 2.24. The molecule has 1 amide bonds. The first kappa shape index (κ1) is 19.2. The van der Waals surface area contributed by atoms with Crippen LogP contribution in [0.1, 0.15) is 41.5 Å². The van der Waals surface area contributed by atoms with Crippen molar-refractivity contribution in [2.75, 3.05) is 23.3 Å². The summed E-state index contributed by atoms with van der Waals surface area (Å²) in [5.74, 6) is 1.34. The van der Waals surface area contributed by atoms with Crippen LogP contribution in [0, 0.1) is 19.8 Å². The monoisotopic (exact) mass is 389 g/mol. The molecule has 0 bridgehead atoms. The molecule has 0 saturated carbocycles. The van der Waals surface area contributed by atoms with Gasteiger partial charge in [-0.15, -0.1) is 0 Å².